The van der Waals surface area contributed by atoms with E-state index in [4.69, 9.17) is 4.74 Å². The molecule has 1 saturated carbocycles. The molecule has 0 bridgehead atoms. The third-order valence-corrected chi connectivity index (χ3v) is 5.12. The van der Waals surface area contributed by atoms with Gasteiger partial charge in [-0.2, -0.15) is 0 Å². The van der Waals surface area contributed by atoms with Crippen molar-refractivity contribution in [3.63, 3.8) is 0 Å². The number of aliphatic hydroxyl groups excluding tert-OH is 3. The van der Waals surface area contributed by atoms with Crippen LogP contribution in [0, 0.1) is 11.8 Å². The average molecular weight is 355 g/mol. The standard InChI is InChI=1S/C21H38O4/c1-3-4-8-11-17(22)13-14-19-18(20(23)16-21(19)24)12-9-6-5-7-10-15-25-2/h6,9,13-14,17-24H,3-5,7-8,10-12,15-16H2,1-2H3/b9-6+,14-13-/t17-,18+,19+,20-,21+/m0/s1. The van der Waals surface area contributed by atoms with Gasteiger partial charge < -0.3 is 20.1 Å². The van der Waals surface area contributed by atoms with E-state index in [2.05, 4.69) is 19.1 Å². The molecular weight excluding hydrogens is 316 g/mol. The van der Waals surface area contributed by atoms with Crippen molar-refractivity contribution < 1.29 is 20.1 Å². The van der Waals surface area contributed by atoms with Gasteiger partial charge in [0.05, 0.1) is 18.3 Å². The molecule has 5 atom stereocenters. The van der Waals surface area contributed by atoms with Gasteiger partial charge in [0.15, 0.2) is 0 Å². The zero-order chi connectivity index (χ0) is 18.5. The number of unbranched alkanes of at least 4 members (excludes halogenated alkanes) is 4. The minimum absolute atomic E-state index is 0.0318. The monoisotopic (exact) mass is 354 g/mol. The van der Waals surface area contributed by atoms with E-state index < -0.39 is 18.3 Å². The van der Waals surface area contributed by atoms with Crippen molar-refractivity contribution in [2.75, 3.05) is 13.7 Å². The Balaban J connectivity index is 2.42. The SMILES string of the molecule is CCCCC[C@H](O)/C=C\[C@@H]1[C@@H](C/C=C/CCCCOC)[C@@H](O)C[C@H]1O. The van der Waals surface area contributed by atoms with Gasteiger partial charge in [0.2, 0.25) is 0 Å². The summed E-state index contributed by atoms with van der Waals surface area (Å²) >= 11 is 0. The first kappa shape index (κ1) is 22.4. The second kappa shape index (κ2) is 13.5. The largest absolute Gasteiger partial charge is 0.393 e. The predicted octanol–water partition coefficient (Wildman–Crippen LogP) is 3.60. The maximum atomic E-state index is 10.2. The van der Waals surface area contributed by atoms with Crippen LogP contribution in [0.1, 0.15) is 64.7 Å². The van der Waals surface area contributed by atoms with Crippen molar-refractivity contribution in [3.05, 3.63) is 24.3 Å². The molecule has 0 unspecified atom stereocenters. The lowest BCUT2D eigenvalue weighted by molar-refractivity contribution is 0.120. The Hall–Kier alpha value is -0.680. The van der Waals surface area contributed by atoms with E-state index in [-0.39, 0.29) is 11.8 Å². The molecule has 1 fully saturated rings. The van der Waals surface area contributed by atoms with Gasteiger partial charge >= 0.3 is 0 Å². The Bertz CT molecular complexity index is 380. The smallest absolute Gasteiger partial charge is 0.0721 e. The molecule has 0 saturated heterocycles. The van der Waals surface area contributed by atoms with Crippen LogP contribution in [0.3, 0.4) is 0 Å². The fraction of sp³-hybridized carbons (Fsp3) is 0.810. The average Bonchev–Trinajstić information content (AvgIpc) is 2.85. The van der Waals surface area contributed by atoms with Crippen molar-refractivity contribution in [1.29, 1.82) is 0 Å². The molecule has 0 radical (unpaired) electrons. The van der Waals surface area contributed by atoms with Crippen molar-refractivity contribution >= 4 is 0 Å². The number of allylic oxidation sites excluding steroid dienone is 2. The lowest BCUT2D eigenvalue weighted by atomic mass is 9.89. The summed E-state index contributed by atoms with van der Waals surface area (Å²) in [7, 11) is 1.72. The van der Waals surface area contributed by atoms with Crippen LogP contribution in [-0.4, -0.2) is 47.3 Å². The van der Waals surface area contributed by atoms with Crippen LogP contribution in [0.2, 0.25) is 0 Å². The van der Waals surface area contributed by atoms with Gasteiger partial charge in [-0.05, 0) is 38.0 Å². The van der Waals surface area contributed by atoms with Crippen LogP contribution in [0.25, 0.3) is 0 Å². The lowest BCUT2D eigenvalue weighted by Crippen LogP contribution is -2.20. The molecule has 0 aliphatic heterocycles. The maximum absolute atomic E-state index is 10.2. The molecule has 0 spiro atoms. The van der Waals surface area contributed by atoms with E-state index in [0.29, 0.717) is 6.42 Å². The van der Waals surface area contributed by atoms with Gasteiger partial charge in [-0.25, -0.2) is 0 Å². The third-order valence-electron chi connectivity index (χ3n) is 5.12. The number of methoxy groups -OCH3 is 1. The molecule has 25 heavy (non-hydrogen) atoms. The molecule has 1 rings (SSSR count). The minimum atomic E-state index is -0.519. The van der Waals surface area contributed by atoms with E-state index in [1.54, 1.807) is 7.11 Å². The van der Waals surface area contributed by atoms with Crippen molar-refractivity contribution in [2.24, 2.45) is 11.8 Å². The second-order valence-electron chi connectivity index (χ2n) is 7.26. The van der Waals surface area contributed by atoms with Gasteiger partial charge in [0.1, 0.15) is 0 Å². The molecule has 1 aliphatic rings. The normalized spacial score (nSPS) is 28.4. The van der Waals surface area contributed by atoms with E-state index in [1.165, 1.54) is 0 Å². The van der Waals surface area contributed by atoms with Gasteiger partial charge in [0, 0.05) is 26.1 Å². The first-order valence-corrected chi connectivity index (χ1v) is 9.96. The predicted molar refractivity (Wildman–Crippen MR) is 102 cm³/mol. The first-order valence-electron chi connectivity index (χ1n) is 9.96. The molecule has 0 heterocycles. The molecule has 4 heteroatoms. The molecular formula is C21H38O4. The van der Waals surface area contributed by atoms with Gasteiger partial charge in [-0.15, -0.1) is 0 Å². The van der Waals surface area contributed by atoms with Crippen LogP contribution in [0.5, 0.6) is 0 Å². The fourth-order valence-corrected chi connectivity index (χ4v) is 3.54. The number of aliphatic hydroxyl groups is 3. The van der Waals surface area contributed by atoms with E-state index in [1.807, 2.05) is 12.2 Å². The van der Waals surface area contributed by atoms with Gasteiger partial charge in [0.25, 0.3) is 0 Å². The summed E-state index contributed by atoms with van der Waals surface area (Å²) in [5.41, 5.74) is 0. The summed E-state index contributed by atoms with van der Waals surface area (Å²) in [4.78, 5) is 0. The Morgan fingerprint density at radius 2 is 1.88 bits per heavy atom. The summed E-state index contributed by atoms with van der Waals surface area (Å²) in [5.74, 6) is -0.0433. The van der Waals surface area contributed by atoms with Crippen molar-refractivity contribution in [2.45, 2.75) is 83.0 Å². The summed E-state index contributed by atoms with van der Waals surface area (Å²) in [5, 5.41) is 30.5. The second-order valence-corrected chi connectivity index (χ2v) is 7.26. The molecule has 4 nitrogen and oxygen atoms in total. The van der Waals surface area contributed by atoms with Crippen LogP contribution in [0.15, 0.2) is 24.3 Å². The maximum Gasteiger partial charge on any atom is 0.0721 e. The Kier molecular flexibility index (Phi) is 12.1. The summed E-state index contributed by atoms with van der Waals surface area (Å²) in [6, 6.07) is 0. The Labute approximate surface area is 153 Å². The van der Waals surface area contributed by atoms with Gasteiger partial charge in [-0.3, -0.25) is 0 Å². The quantitative estimate of drug-likeness (QED) is 0.349. The molecule has 0 amide bonds. The van der Waals surface area contributed by atoms with Gasteiger partial charge in [-0.1, -0.05) is 50.5 Å². The lowest BCUT2D eigenvalue weighted by Gasteiger charge is -2.19. The molecule has 1 aliphatic carbocycles. The highest BCUT2D eigenvalue weighted by molar-refractivity contribution is 5.06. The number of hydrogen-bond donors (Lipinski definition) is 3. The van der Waals surface area contributed by atoms with E-state index in [9.17, 15) is 15.3 Å². The van der Waals surface area contributed by atoms with Crippen LogP contribution < -0.4 is 0 Å². The number of ether oxygens (including phenoxy) is 1. The number of rotatable bonds is 13. The van der Waals surface area contributed by atoms with Crippen LogP contribution in [-0.2, 0) is 4.74 Å². The van der Waals surface area contributed by atoms with E-state index in [0.717, 1.165) is 58.0 Å². The molecule has 3 N–H and O–H groups in total. The van der Waals surface area contributed by atoms with E-state index >= 15 is 0 Å². The first-order chi connectivity index (χ1) is 12.1. The van der Waals surface area contributed by atoms with Crippen LogP contribution >= 0.6 is 0 Å². The topological polar surface area (TPSA) is 69.9 Å². The Morgan fingerprint density at radius 1 is 1.08 bits per heavy atom. The zero-order valence-corrected chi connectivity index (χ0v) is 16.0. The minimum Gasteiger partial charge on any atom is -0.393 e. The summed E-state index contributed by atoms with van der Waals surface area (Å²) < 4.78 is 5.03. The molecule has 0 aromatic carbocycles. The molecule has 0 aromatic rings. The highest BCUT2D eigenvalue weighted by Crippen LogP contribution is 2.36. The summed E-state index contributed by atoms with van der Waals surface area (Å²) in [6.45, 7) is 2.95. The highest BCUT2D eigenvalue weighted by atomic mass is 16.5. The van der Waals surface area contributed by atoms with Crippen LogP contribution in [0.4, 0.5) is 0 Å². The Morgan fingerprint density at radius 3 is 2.60 bits per heavy atom. The fourth-order valence-electron chi connectivity index (χ4n) is 3.54. The molecule has 0 aromatic heterocycles. The van der Waals surface area contributed by atoms with Crippen molar-refractivity contribution in [1.82, 2.24) is 0 Å². The highest BCUT2D eigenvalue weighted by Gasteiger charge is 2.39. The molecule has 146 valence electrons. The zero-order valence-electron chi connectivity index (χ0n) is 16.0. The third kappa shape index (κ3) is 9.00. The van der Waals surface area contributed by atoms with Crippen molar-refractivity contribution in [3.8, 4) is 0 Å². The number of hydrogen-bond acceptors (Lipinski definition) is 4. The summed E-state index contributed by atoms with van der Waals surface area (Å²) in [6.07, 6.45) is 15.0.